The molecule has 0 spiro atoms. The van der Waals surface area contributed by atoms with Gasteiger partial charge in [0.25, 0.3) is 0 Å². The quantitative estimate of drug-likeness (QED) is 0.144. The first kappa shape index (κ1) is 35.7. The Morgan fingerprint density at radius 2 is 1.62 bits per heavy atom. The molecule has 1 N–H and O–H groups in total. The molecule has 9 nitrogen and oxygen atoms in total. The number of ether oxygens (including phenoxy) is 4. The van der Waals surface area contributed by atoms with E-state index >= 15 is 0 Å². The van der Waals surface area contributed by atoms with Crippen molar-refractivity contribution < 1.29 is 28.5 Å². The Bertz CT molecular complexity index is 1780. The van der Waals surface area contributed by atoms with E-state index in [9.17, 15) is 9.59 Å². The van der Waals surface area contributed by atoms with Gasteiger partial charge in [-0.25, -0.2) is 9.59 Å². The van der Waals surface area contributed by atoms with E-state index < -0.39 is 17.6 Å². The van der Waals surface area contributed by atoms with Crippen LogP contribution in [0.1, 0.15) is 58.5 Å². The van der Waals surface area contributed by atoms with Gasteiger partial charge in [-0.05, 0) is 85.3 Å². The molecular formula is C39H41Cl2N3O6. The third-order valence-corrected chi connectivity index (χ3v) is 10.5. The molecule has 0 amide bonds. The Morgan fingerprint density at radius 3 is 2.24 bits per heavy atom. The molecule has 1 unspecified atom stereocenters. The summed E-state index contributed by atoms with van der Waals surface area (Å²) < 4.78 is 23.2. The lowest BCUT2D eigenvalue weighted by Gasteiger charge is -2.45. The number of carbonyl (C=O) groups is 2. The van der Waals surface area contributed by atoms with E-state index in [1.165, 1.54) is 12.4 Å². The minimum Gasteiger partial charge on any atom is -0.493 e. The van der Waals surface area contributed by atoms with E-state index in [0.717, 1.165) is 43.6 Å². The number of aromatic nitrogens is 1. The summed E-state index contributed by atoms with van der Waals surface area (Å²) >= 11 is 12.9. The number of benzene rings is 3. The lowest BCUT2D eigenvalue weighted by Crippen LogP contribution is -2.55. The number of pyridine rings is 1. The van der Waals surface area contributed by atoms with Crippen LogP contribution in [0.25, 0.3) is 0 Å². The van der Waals surface area contributed by atoms with Crippen molar-refractivity contribution in [1.29, 1.82) is 0 Å². The lowest BCUT2D eigenvalue weighted by molar-refractivity contribution is -0.166. The molecule has 3 aliphatic heterocycles. The van der Waals surface area contributed by atoms with Gasteiger partial charge >= 0.3 is 11.9 Å². The minimum atomic E-state index is -1.08. The molecular weight excluding hydrogens is 677 g/mol. The number of hydrogen-bond acceptors (Lipinski definition) is 9. The van der Waals surface area contributed by atoms with Crippen molar-refractivity contribution in [1.82, 2.24) is 15.2 Å². The van der Waals surface area contributed by atoms with Gasteiger partial charge in [-0.1, -0.05) is 71.7 Å². The highest BCUT2D eigenvalue weighted by Gasteiger charge is 2.42. The van der Waals surface area contributed by atoms with Crippen molar-refractivity contribution in [3.05, 3.63) is 123 Å². The fourth-order valence-electron chi connectivity index (χ4n) is 6.70. The van der Waals surface area contributed by atoms with Crippen molar-refractivity contribution in [2.45, 2.75) is 50.5 Å². The third-order valence-electron chi connectivity index (χ3n) is 9.82. The maximum atomic E-state index is 13.8. The Kier molecular flexibility index (Phi) is 11.3. The first-order valence-corrected chi connectivity index (χ1v) is 17.5. The summed E-state index contributed by atoms with van der Waals surface area (Å²) in [5.41, 5.74) is 2.26. The van der Waals surface area contributed by atoms with E-state index in [1.54, 1.807) is 38.5 Å². The Hall–Kier alpha value is -4.15. The standard InChI is InChI=1S/C39H41Cl2N3O6/c1-39(29-7-5-4-6-8-29,38(46)50-36-24-44-17-15-26(36)16-18-44)43-21-25-9-11-27(12-10-25)37(45)49-34(20-30-31(40)22-42-23-32(30)41)28-13-14-33(47-2)35(19-28)48-3/h4-14,19,22-23,26,34,36,43H,15-18,20-21,24H2,1-3H3/t34-,36-,39?/m0/s1. The van der Waals surface area contributed by atoms with Gasteiger partial charge in [-0.3, -0.25) is 15.2 Å². The van der Waals surface area contributed by atoms with E-state index in [-0.39, 0.29) is 18.5 Å². The largest absolute Gasteiger partial charge is 0.493 e. The zero-order valence-electron chi connectivity index (χ0n) is 28.4. The number of esters is 2. The number of nitrogens with zero attached hydrogens (tertiary/aromatic N) is 2. The molecule has 262 valence electrons. The van der Waals surface area contributed by atoms with Gasteiger partial charge in [0, 0.05) is 31.9 Å². The molecule has 3 atom stereocenters. The molecule has 4 aromatic rings. The molecule has 4 heterocycles. The minimum absolute atomic E-state index is 0.103. The Morgan fingerprint density at radius 1 is 0.940 bits per heavy atom. The molecule has 11 heteroatoms. The second kappa shape index (κ2) is 15.8. The van der Waals surface area contributed by atoms with Crippen molar-refractivity contribution in [3.8, 4) is 11.5 Å². The second-order valence-electron chi connectivity index (χ2n) is 12.9. The molecule has 50 heavy (non-hydrogen) atoms. The summed E-state index contributed by atoms with van der Waals surface area (Å²) in [4.78, 5) is 33.8. The topological polar surface area (TPSA) is 99.2 Å². The molecule has 3 aliphatic rings. The van der Waals surface area contributed by atoms with Gasteiger partial charge in [0.05, 0.1) is 29.8 Å². The SMILES string of the molecule is COc1ccc([C@H](Cc2c(Cl)cncc2Cl)OC(=O)c2ccc(CNC(C)(C(=O)O[C@H]3CN4CCC3CC4)c3ccccc3)cc2)cc1OC. The van der Waals surface area contributed by atoms with Crippen LogP contribution < -0.4 is 14.8 Å². The molecule has 3 aromatic carbocycles. The molecule has 0 aliphatic carbocycles. The first-order valence-electron chi connectivity index (χ1n) is 16.7. The summed E-state index contributed by atoms with van der Waals surface area (Å²) in [6.07, 6.45) is 4.47. The average molecular weight is 719 g/mol. The van der Waals surface area contributed by atoms with Crippen LogP contribution in [0.4, 0.5) is 0 Å². The number of halogens is 2. The maximum absolute atomic E-state index is 13.8. The summed E-state index contributed by atoms with van der Waals surface area (Å²) in [5.74, 6) is 0.617. The number of hydrogen-bond donors (Lipinski definition) is 1. The van der Waals surface area contributed by atoms with Gasteiger partial charge < -0.3 is 18.9 Å². The monoisotopic (exact) mass is 717 g/mol. The fourth-order valence-corrected chi connectivity index (χ4v) is 7.22. The Balaban J connectivity index is 1.17. The maximum Gasteiger partial charge on any atom is 0.338 e. The number of piperidine rings is 3. The highest BCUT2D eigenvalue weighted by Crippen LogP contribution is 2.36. The molecule has 1 aromatic heterocycles. The summed E-state index contributed by atoms with van der Waals surface area (Å²) in [7, 11) is 3.09. The van der Waals surface area contributed by atoms with Crippen LogP contribution in [0.15, 0.2) is 85.2 Å². The summed E-state index contributed by atoms with van der Waals surface area (Å²) in [6.45, 7) is 5.16. The van der Waals surface area contributed by atoms with Gasteiger partial charge in [0.2, 0.25) is 0 Å². The highest BCUT2D eigenvalue weighted by molar-refractivity contribution is 6.35. The number of nitrogens with one attached hydrogen (secondary N) is 1. The highest BCUT2D eigenvalue weighted by atomic mass is 35.5. The molecule has 0 radical (unpaired) electrons. The van der Waals surface area contributed by atoms with E-state index in [4.69, 9.17) is 42.1 Å². The van der Waals surface area contributed by atoms with Crippen LogP contribution in [0, 0.1) is 5.92 Å². The van der Waals surface area contributed by atoms with Crippen molar-refractivity contribution in [2.24, 2.45) is 5.92 Å². The van der Waals surface area contributed by atoms with Crippen LogP contribution >= 0.6 is 23.2 Å². The van der Waals surface area contributed by atoms with Crippen LogP contribution in [-0.4, -0.2) is 61.8 Å². The number of fused-ring (bicyclic) bond motifs is 3. The summed E-state index contributed by atoms with van der Waals surface area (Å²) in [5, 5.41) is 4.20. The normalized spacial score (nSPS) is 20.0. The number of rotatable bonds is 13. The number of carbonyl (C=O) groups excluding carboxylic acids is 2. The molecule has 2 bridgehead atoms. The molecule has 0 saturated carbocycles. The van der Waals surface area contributed by atoms with E-state index in [0.29, 0.717) is 50.7 Å². The van der Waals surface area contributed by atoms with Gasteiger partial charge in [-0.2, -0.15) is 0 Å². The van der Waals surface area contributed by atoms with Crippen molar-refractivity contribution in [3.63, 3.8) is 0 Å². The van der Waals surface area contributed by atoms with Crippen LogP contribution in [0.5, 0.6) is 11.5 Å². The molecule has 7 rings (SSSR count). The first-order chi connectivity index (χ1) is 24.2. The Labute approximate surface area is 302 Å². The predicted molar refractivity (Wildman–Crippen MR) is 192 cm³/mol. The predicted octanol–water partition coefficient (Wildman–Crippen LogP) is 7.19. The van der Waals surface area contributed by atoms with E-state index in [2.05, 4.69) is 15.2 Å². The van der Waals surface area contributed by atoms with Gasteiger partial charge in [0.15, 0.2) is 11.5 Å². The van der Waals surface area contributed by atoms with Gasteiger partial charge in [-0.15, -0.1) is 0 Å². The zero-order valence-corrected chi connectivity index (χ0v) is 29.9. The van der Waals surface area contributed by atoms with E-state index in [1.807, 2.05) is 55.5 Å². The number of methoxy groups -OCH3 is 2. The summed E-state index contributed by atoms with van der Waals surface area (Å²) in [6, 6.07) is 22.1. The van der Waals surface area contributed by atoms with Crippen LogP contribution in [0.3, 0.4) is 0 Å². The molecule has 3 saturated heterocycles. The third kappa shape index (κ3) is 7.92. The van der Waals surface area contributed by atoms with Crippen molar-refractivity contribution >= 4 is 35.1 Å². The van der Waals surface area contributed by atoms with Gasteiger partial charge in [0.1, 0.15) is 17.7 Å². The fraction of sp³-hybridized carbons (Fsp3) is 0.359. The van der Waals surface area contributed by atoms with Crippen LogP contribution in [0.2, 0.25) is 10.0 Å². The average Bonchev–Trinajstić information content (AvgIpc) is 3.15. The zero-order chi connectivity index (χ0) is 35.3. The van der Waals surface area contributed by atoms with Crippen molar-refractivity contribution in [2.75, 3.05) is 33.9 Å². The van der Waals surface area contributed by atoms with Crippen LogP contribution in [-0.2, 0) is 32.8 Å². The molecule has 3 fully saturated rings. The lowest BCUT2D eigenvalue weighted by atomic mass is 9.85. The smallest absolute Gasteiger partial charge is 0.338 e. The second-order valence-corrected chi connectivity index (χ2v) is 13.7.